The van der Waals surface area contributed by atoms with Crippen molar-refractivity contribution in [3.8, 4) is 0 Å². The molecule has 0 bridgehead atoms. The number of benzene rings is 1. The smallest absolute Gasteiger partial charge is 0.334 e. The van der Waals surface area contributed by atoms with E-state index in [9.17, 15) is 4.79 Å². The molecule has 0 fully saturated rings. The number of carbonyl (C=O) groups is 1. The molecule has 0 amide bonds. The number of hydrogen-bond acceptors (Lipinski definition) is 4. The van der Waals surface area contributed by atoms with E-state index < -0.39 is 6.04 Å². The number of esters is 1. The van der Waals surface area contributed by atoms with Crippen LogP contribution in [0, 0.1) is 6.92 Å². The topological polar surface area (TPSA) is 47.9 Å². The van der Waals surface area contributed by atoms with Crippen molar-refractivity contribution < 1.29 is 14.3 Å². The van der Waals surface area contributed by atoms with Gasteiger partial charge >= 0.3 is 5.97 Å². The standard InChI is InChI=1S/C12H13NO3/c1-8-4-3-5-9(6-8)11-13-10(7-16-11)12(14)15-2/h3-6,10H,7H2,1-2H3/t10-/m0/s1. The van der Waals surface area contributed by atoms with Crippen LogP contribution >= 0.6 is 0 Å². The van der Waals surface area contributed by atoms with Crippen LogP contribution in [0.5, 0.6) is 0 Å². The molecule has 4 nitrogen and oxygen atoms in total. The first-order valence-corrected chi connectivity index (χ1v) is 5.06. The molecule has 4 heteroatoms. The lowest BCUT2D eigenvalue weighted by molar-refractivity contribution is -0.142. The summed E-state index contributed by atoms with van der Waals surface area (Å²) in [4.78, 5) is 15.4. The second-order valence-corrected chi connectivity index (χ2v) is 3.65. The van der Waals surface area contributed by atoms with Crippen LogP contribution in [0.2, 0.25) is 0 Å². The molecular weight excluding hydrogens is 206 g/mol. The zero-order valence-electron chi connectivity index (χ0n) is 9.27. The van der Waals surface area contributed by atoms with E-state index in [1.807, 2.05) is 31.2 Å². The summed E-state index contributed by atoms with van der Waals surface area (Å²) in [7, 11) is 1.35. The zero-order chi connectivity index (χ0) is 11.5. The summed E-state index contributed by atoms with van der Waals surface area (Å²) in [6.07, 6.45) is 0. The molecule has 2 rings (SSSR count). The van der Waals surface area contributed by atoms with Gasteiger partial charge in [-0.25, -0.2) is 9.79 Å². The van der Waals surface area contributed by atoms with Gasteiger partial charge in [0.15, 0.2) is 6.04 Å². The molecule has 0 saturated carbocycles. The number of rotatable bonds is 2. The van der Waals surface area contributed by atoms with Crippen molar-refractivity contribution in [2.45, 2.75) is 13.0 Å². The van der Waals surface area contributed by atoms with Crippen LogP contribution < -0.4 is 0 Å². The van der Waals surface area contributed by atoms with Gasteiger partial charge in [0.2, 0.25) is 5.90 Å². The van der Waals surface area contributed by atoms with Crippen LogP contribution in [0.1, 0.15) is 11.1 Å². The van der Waals surface area contributed by atoms with E-state index in [2.05, 4.69) is 9.73 Å². The largest absolute Gasteiger partial charge is 0.475 e. The van der Waals surface area contributed by atoms with E-state index >= 15 is 0 Å². The normalized spacial score (nSPS) is 18.9. The van der Waals surface area contributed by atoms with Gasteiger partial charge in [0.1, 0.15) is 6.61 Å². The van der Waals surface area contributed by atoms with Gasteiger partial charge in [-0.15, -0.1) is 0 Å². The van der Waals surface area contributed by atoms with Crippen molar-refractivity contribution in [1.29, 1.82) is 0 Å². The Morgan fingerprint density at radius 1 is 1.56 bits per heavy atom. The number of carbonyl (C=O) groups excluding carboxylic acids is 1. The maximum Gasteiger partial charge on any atom is 0.334 e. The third kappa shape index (κ3) is 2.05. The van der Waals surface area contributed by atoms with Gasteiger partial charge in [0.25, 0.3) is 0 Å². The highest BCUT2D eigenvalue weighted by atomic mass is 16.5. The summed E-state index contributed by atoms with van der Waals surface area (Å²) in [5.74, 6) is 0.154. The highest BCUT2D eigenvalue weighted by Crippen LogP contribution is 2.14. The average Bonchev–Trinajstić information content (AvgIpc) is 2.77. The fraction of sp³-hybridized carbons (Fsp3) is 0.333. The van der Waals surface area contributed by atoms with Gasteiger partial charge in [-0.2, -0.15) is 0 Å². The molecule has 1 aromatic rings. The van der Waals surface area contributed by atoms with Crippen molar-refractivity contribution in [3.63, 3.8) is 0 Å². The molecule has 0 aliphatic carbocycles. The molecule has 1 heterocycles. The van der Waals surface area contributed by atoms with Crippen LogP contribution in [0.25, 0.3) is 0 Å². The first kappa shape index (κ1) is 10.7. The van der Waals surface area contributed by atoms with Crippen molar-refractivity contribution in [2.24, 2.45) is 4.99 Å². The van der Waals surface area contributed by atoms with E-state index in [1.54, 1.807) is 0 Å². The third-order valence-electron chi connectivity index (χ3n) is 2.39. The molecule has 84 valence electrons. The maximum atomic E-state index is 11.2. The van der Waals surface area contributed by atoms with Crippen LogP contribution in [0.15, 0.2) is 29.3 Å². The number of ether oxygens (including phenoxy) is 2. The SMILES string of the molecule is COC(=O)[C@@H]1COC(c2cccc(C)c2)=N1. The summed E-state index contributed by atoms with van der Waals surface area (Å²) in [6.45, 7) is 2.26. The molecule has 0 N–H and O–H groups in total. The molecule has 1 aliphatic heterocycles. The highest BCUT2D eigenvalue weighted by molar-refractivity contribution is 5.97. The summed E-state index contributed by atoms with van der Waals surface area (Å²) < 4.78 is 9.99. The molecule has 0 spiro atoms. The van der Waals surface area contributed by atoms with Gasteiger partial charge in [0, 0.05) is 5.56 Å². The Kier molecular flexibility index (Phi) is 2.90. The quantitative estimate of drug-likeness (QED) is 0.705. The van der Waals surface area contributed by atoms with E-state index in [4.69, 9.17) is 4.74 Å². The van der Waals surface area contributed by atoms with Crippen LogP contribution in [0.4, 0.5) is 0 Å². The number of aryl methyl sites for hydroxylation is 1. The maximum absolute atomic E-state index is 11.2. The van der Waals surface area contributed by atoms with Crippen LogP contribution in [-0.2, 0) is 14.3 Å². The molecular formula is C12H13NO3. The predicted molar refractivity (Wildman–Crippen MR) is 59.5 cm³/mol. The molecule has 0 saturated heterocycles. The number of hydrogen-bond donors (Lipinski definition) is 0. The van der Waals surface area contributed by atoms with Gasteiger partial charge < -0.3 is 9.47 Å². The van der Waals surface area contributed by atoms with E-state index in [-0.39, 0.29) is 12.6 Å². The first-order chi connectivity index (χ1) is 7.70. The Labute approximate surface area is 93.9 Å². The summed E-state index contributed by atoms with van der Waals surface area (Å²) in [6, 6.07) is 7.28. The van der Waals surface area contributed by atoms with Gasteiger partial charge in [-0.05, 0) is 19.1 Å². The summed E-state index contributed by atoms with van der Waals surface area (Å²) in [5, 5.41) is 0. The van der Waals surface area contributed by atoms with Crippen LogP contribution in [0.3, 0.4) is 0 Å². The van der Waals surface area contributed by atoms with Crippen molar-refractivity contribution in [1.82, 2.24) is 0 Å². The fourth-order valence-electron chi connectivity index (χ4n) is 1.57. The Morgan fingerprint density at radius 3 is 3.06 bits per heavy atom. The Morgan fingerprint density at radius 2 is 2.38 bits per heavy atom. The average molecular weight is 219 g/mol. The van der Waals surface area contributed by atoms with E-state index in [0.717, 1.165) is 11.1 Å². The van der Waals surface area contributed by atoms with Gasteiger partial charge in [-0.1, -0.05) is 17.7 Å². The number of nitrogens with zero attached hydrogens (tertiary/aromatic N) is 1. The molecule has 0 aromatic heterocycles. The zero-order valence-corrected chi connectivity index (χ0v) is 9.27. The molecule has 0 radical (unpaired) electrons. The lowest BCUT2D eigenvalue weighted by Crippen LogP contribution is -2.21. The minimum Gasteiger partial charge on any atom is -0.475 e. The molecule has 1 atom stereocenters. The first-order valence-electron chi connectivity index (χ1n) is 5.06. The fourth-order valence-corrected chi connectivity index (χ4v) is 1.57. The third-order valence-corrected chi connectivity index (χ3v) is 2.39. The van der Waals surface area contributed by atoms with Crippen molar-refractivity contribution in [2.75, 3.05) is 13.7 Å². The molecule has 1 aliphatic rings. The number of methoxy groups -OCH3 is 1. The monoisotopic (exact) mass is 219 g/mol. The Balaban J connectivity index is 2.21. The minimum atomic E-state index is -0.527. The van der Waals surface area contributed by atoms with E-state index in [1.165, 1.54) is 7.11 Å². The second kappa shape index (κ2) is 4.35. The summed E-state index contributed by atoms with van der Waals surface area (Å²) >= 11 is 0. The Bertz CT molecular complexity index is 440. The van der Waals surface area contributed by atoms with Crippen molar-refractivity contribution in [3.05, 3.63) is 35.4 Å². The van der Waals surface area contributed by atoms with Crippen LogP contribution in [-0.4, -0.2) is 31.6 Å². The Hall–Kier alpha value is -1.84. The minimum absolute atomic E-state index is 0.260. The lowest BCUT2D eigenvalue weighted by atomic mass is 10.1. The van der Waals surface area contributed by atoms with E-state index in [0.29, 0.717) is 5.90 Å². The highest BCUT2D eigenvalue weighted by Gasteiger charge is 2.27. The van der Waals surface area contributed by atoms with Gasteiger partial charge in [0.05, 0.1) is 7.11 Å². The second-order valence-electron chi connectivity index (χ2n) is 3.65. The number of aliphatic imine (C=N–C) groups is 1. The molecule has 16 heavy (non-hydrogen) atoms. The summed E-state index contributed by atoms with van der Waals surface area (Å²) in [5.41, 5.74) is 2.02. The predicted octanol–water partition coefficient (Wildman–Crippen LogP) is 1.31. The molecule has 1 aromatic carbocycles. The lowest BCUT2D eigenvalue weighted by Gasteiger charge is -2.01. The molecule has 0 unspecified atom stereocenters. The van der Waals surface area contributed by atoms with Gasteiger partial charge in [-0.3, -0.25) is 0 Å². The van der Waals surface area contributed by atoms with Crippen molar-refractivity contribution >= 4 is 11.9 Å².